The summed E-state index contributed by atoms with van der Waals surface area (Å²) >= 11 is 0. The lowest BCUT2D eigenvalue weighted by Crippen LogP contribution is -2.47. The monoisotopic (exact) mass is 399 g/mol. The van der Waals surface area contributed by atoms with Crippen LogP contribution in [0.15, 0.2) is 42.5 Å². The number of amides is 4. The van der Waals surface area contributed by atoms with Gasteiger partial charge in [-0.2, -0.15) is 5.01 Å². The number of nitrogens with one attached hydrogen (secondary N) is 2. The molecule has 1 aliphatic heterocycles. The molecule has 0 bridgehead atoms. The zero-order valence-electron chi connectivity index (χ0n) is 16.4. The van der Waals surface area contributed by atoms with E-state index in [1.165, 1.54) is 33.5 Å². The molecule has 3 rings (SSSR count). The van der Waals surface area contributed by atoms with Gasteiger partial charge in [-0.25, -0.2) is 4.79 Å². The van der Waals surface area contributed by atoms with E-state index < -0.39 is 23.4 Å². The topological polar surface area (TPSA) is 106 Å². The third-order valence-electron chi connectivity index (χ3n) is 4.66. The van der Waals surface area contributed by atoms with Crippen LogP contribution >= 0.6 is 0 Å². The third kappa shape index (κ3) is 3.66. The van der Waals surface area contributed by atoms with Gasteiger partial charge in [0.2, 0.25) is 0 Å². The first-order valence-electron chi connectivity index (χ1n) is 8.67. The predicted octanol–water partition coefficient (Wildman–Crippen LogP) is 1.82. The molecular formula is C20H21N3O6. The fraction of sp³-hybridized carbons (Fsp3) is 0.250. The Bertz CT molecular complexity index is 954. The summed E-state index contributed by atoms with van der Waals surface area (Å²) in [6.07, 6.45) is 0. The number of rotatable bonds is 6. The smallest absolute Gasteiger partial charge is 0.344 e. The van der Waals surface area contributed by atoms with Crippen LogP contribution in [0.25, 0.3) is 0 Å². The van der Waals surface area contributed by atoms with E-state index in [1.54, 1.807) is 37.3 Å². The number of ether oxygens (including phenoxy) is 3. The molecule has 4 amide bonds. The number of imide groups is 1. The summed E-state index contributed by atoms with van der Waals surface area (Å²) < 4.78 is 15.5. The van der Waals surface area contributed by atoms with Crippen LogP contribution in [-0.2, 0) is 10.3 Å². The minimum Gasteiger partial charge on any atom is -0.497 e. The minimum atomic E-state index is -1.36. The molecule has 0 spiro atoms. The van der Waals surface area contributed by atoms with Crippen molar-refractivity contribution in [2.75, 3.05) is 21.3 Å². The largest absolute Gasteiger partial charge is 0.497 e. The Morgan fingerprint density at radius 1 is 0.966 bits per heavy atom. The van der Waals surface area contributed by atoms with Gasteiger partial charge in [-0.05, 0) is 36.8 Å². The second kappa shape index (κ2) is 7.70. The van der Waals surface area contributed by atoms with Gasteiger partial charge < -0.3 is 19.5 Å². The number of hydrogen-bond donors (Lipinski definition) is 2. The van der Waals surface area contributed by atoms with E-state index in [2.05, 4.69) is 10.7 Å². The quantitative estimate of drug-likeness (QED) is 0.718. The van der Waals surface area contributed by atoms with E-state index in [4.69, 9.17) is 14.2 Å². The fourth-order valence-electron chi connectivity index (χ4n) is 2.97. The Morgan fingerprint density at radius 2 is 1.59 bits per heavy atom. The van der Waals surface area contributed by atoms with Crippen molar-refractivity contribution in [2.45, 2.75) is 12.5 Å². The van der Waals surface area contributed by atoms with Gasteiger partial charge in [0.25, 0.3) is 11.8 Å². The second-order valence-electron chi connectivity index (χ2n) is 6.47. The molecule has 2 N–H and O–H groups in total. The number of hydrogen-bond acceptors (Lipinski definition) is 6. The van der Waals surface area contributed by atoms with Gasteiger partial charge in [-0.15, -0.1) is 0 Å². The number of carbonyl (C=O) groups is 3. The van der Waals surface area contributed by atoms with Crippen molar-refractivity contribution in [1.29, 1.82) is 0 Å². The van der Waals surface area contributed by atoms with E-state index in [-0.39, 0.29) is 5.56 Å². The average Bonchev–Trinajstić information content (AvgIpc) is 2.97. The molecule has 0 unspecified atom stereocenters. The molecule has 0 aliphatic carbocycles. The van der Waals surface area contributed by atoms with Crippen molar-refractivity contribution in [3.63, 3.8) is 0 Å². The molecule has 2 aromatic carbocycles. The van der Waals surface area contributed by atoms with Gasteiger partial charge in [0.1, 0.15) is 22.8 Å². The minimum absolute atomic E-state index is 0.164. The molecule has 9 heteroatoms. The summed E-state index contributed by atoms with van der Waals surface area (Å²) in [7, 11) is 4.41. The van der Waals surface area contributed by atoms with Crippen molar-refractivity contribution >= 4 is 17.8 Å². The SMILES string of the molecule is COc1cc(OC)cc(C(=O)NN2C(=O)N[C@](C)(c3cccc(OC)c3)C2=O)c1. The normalized spacial score (nSPS) is 18.3. The van der Waals surface area contributed by atoms with Crippen molar-refractivity contribution in [3.8, 4) is 17.2 Å². The van der Waals surface area contributed by atoms with Crippen LogP contribution < -0.4 is 25.0 Å². The van der Waals surface area contributed by atoms with Gasteiger partial charge >= 0.3 is 6.03 Å². The van der Waals surface area contributed by atoms with Crippen LogP contribution in [0, 0.1) is 0 Å². The molecule has 1 fully saturated rings. The zero-order valence-corrected chi connectivity index (χ0v) is 16.4. The van der Waals surface area contributed by atoms with Gasteiger partial charge in [0, 0.05) is 11.6 Å². The summed E-state index contributed by atoms with van der Waals surface area (Å²) in [4.78, 5) is 38.1. The Morgan fingerprint density at radius 3 is 2.17 bits per heavy atom. The summed E-state index contributed by atoms with van der Waals surface area (Å²) in [5, 5.41) is 3.28. The lowest BCUT2D eigenvalue weighted by Gasteiger charge is -2.22. The highest BCUT2D eigenvalue weighted by Gasteiger charge is 2.50. The van der Waals surface area contributed by atoms with Crippen LogP contribution in [0.2, 0.25) is 0 Å². The van der Waals surface area contributed by atoms with Crippen LogP contribution in [0.4, 0.5) is 4.79 Å². The molecule has 2 aromatic rings. The maximum absolute atomic E-state index is 13.0. The van der Waals surface area contributed by atoms with Crippen LogP contribution in [-0.4, -0.2) is 44.2 Å². The maximum Gasteiger partial charge on any atom is 0.344 e. The third-order valence-corrected chi connectivity index (χ3v) is 4.66. The molecule has 1 atom stereocenters. The lowest BCUT2D eigenvalue weighted by atomic mass is 9.92. The number of methoxy groups -OCH3 is 3. The predicted molar refractivity (Wildman–Crippen MR) is 103 cm³/mol. The first-order chi connectivity index (χ1) is 13.8. The molecule has 0 radical (unpaired) electrons. The molecule has 0 aromatic heterocycles. The molecule has 1 aliphatic rings. The lowest BCUT2D eigenvalue weighted by molar-refractivity contribution is -0.132. The Balaban J connectivity index is 1.86. The number of urea groups is 1. The maximum atomic E-state index is 13.0. The van der Waals surface area contributed by atoms with E-state index in [9.17, 15) is 14.4 Å². The first kappa shape index (κ1) is 20.0. The Kier molecular flexibility index (Phi) is 5.31. The molecule has 29 heavy (non-hydrogen) atoms. The van der Waals surface area contributed by atoms with Gasteiger partial charge in [0.15, 0.2) is 0 Å². The first-order valence-corrected chi connectivity index (χ1v) is 8.67. The highest BCUT2D eigenvalue weighted by Crippen LogP contribution is 2.30. The van der Waals surface area contributed by atoms with E-state index in [1.807, 2.05) is 0 Å². The van der Waals surface area contributed by atoms with Crippen LogP contribution in [0.3, 0.4) is 0 Å². The summed E-state index contributed by atoms with van der Waals surface area (Å²) in [6, 6.07) is 10.6. The highest BCUT2D eigenvalue weighted by atomic mass is 16.5. The Labute approximate surface area is 167 Å². The van der Waals surface area contributed by atoms with Gasteiger partial charge in [-0.3, -0.25) is 15.0 Å². The van der Waals surface area contributed by atoms with E-state index >= 15 is 0 Å². The Hall–Kier alpha value is -3.75. The van der Waals surface area contributed by atoms with Gasteiger partial charge in [-0.1, -0.05) is 12.1 Å². The summed E-state index contributed by atoms with van der Waals surface area (Å²) in [5.74, 6) is 0.0390. The number of hydrazine groups is 1. The molecule has 1 heterocycles. The standard InChI is InChI=1S/C20H21N3O6/c1-20(13-6-5-7-14(10-13)27-2)18(25)23(19(26)21-20)22-17(24)12-8-15(28-3)11-16(9-12)29-4/h5-11H,1-4H3,(H,21,26)(H,22,24)/t20-/m1/s1. The average molecular weight is 399 g/mol. The zero-order chi connectivity index (χ0) is 21.2. The summed E-state index contributed by atoms with van der Waals surface area (Å²) in [5.41, 5.74) is 1.67. The van der Waals surface area contributed by atoms with E-state index in [0.717, 1.165) is 0 Å². The number of nitrogens with zero attached hydrogens (tertiary/aromatic N) is 1. The molecule has 1 saturated heterocycles. The number of carbonyl (C=O) groups excluding carboxylic acids is 3. The molecular weight excluding hydrogens is 378 g/mol. The molecule has 0 saturated carbocycles. The van der Waals surface area contributed by atoms with Gasteiger partial charge in [0.05, 0.1) is 21.3 Å². The molecule has 152 valence electrons. The van der Waals surface area contributed by atoms with Crippen molar-refractivity contribution in [3.05, 3.63) is 53.6 Å². The van der Waals surface area contributed by atoms with Crippen molar-refractivity contribution < 1.29 is 28.6 Å². The highest BCUT2D eigenvalue weighted by molar-refractivity contribution is 6.09. The second-order valence-corrected chi connectivity index (χ2v) is 6.47. The molecule has 9 nitrogen and oxygen atoms in total. The number of benzene rings is 2. The van der Waals surface area contributed by atoms with Crippen LogP contribution in [0.5, 0.6) is 17.2 Å². The van der Waals surface area contributed by atoms with E-state index in [0.29, 0.717) is 27.8 Å². The fourth-order valence-corrected chi connectivity index (χ4v) is 2.97. The van der Waals surface area contributed by atoms with Crippen molar-refractivity contribution in [2.24, 2.45) is 0 Å². The van der Waals surface area contributed by atoms with Crippen LogP contribution in [0.1, 0.15) is 22.8 Å². The van der Waals surface area contributed by atoms with Crippen molar-refractivity contribution in [1.82, 2.24) is 15.8 Å². The summed E-state index contributed by atoms with van der Waals surface area (Å²) in [6.45, 7) is 1.56.